The molecule has 1 saturated heterocycles. The molecule has 17 nitrogen and oxygen atoms in total. The van der Waals surface area contributed by atoms with Gasteiger partial charge in [0.15, 0.2) is 29.6 Å². The molecular formula is C46H58N2O15. The number of ether oxygens (including phenoxy) is 7. The van der Waals surface area contributed by atoms with Crippen LogP contribution in [0.15, 0.2) is 36.4 Å². The largest absolute Gasteiger partial charge is 0.508 e. The Labute approximate surface area is 365 Å². The number of aliphatic hydroxyl groups is 2. The number of hydrogen-bond acceptors (Lipinski definition) is 16. The van der Waals surface area contributed by atoms with Gasteiger partial charge in [-0.2, -0.15) is 4.89 Å². The van der Waals surface area contributed by atoms with Gasteiger partial charge in [0.2, 0.25) is 6.79 Å². The molecule has 0 amide bonds. The first-order chi connectivity index (χ1) is 30.3. The molecule has 342 valence electrons. The number of aromatic hydroxyl groups is 1. The number of hydrogen-bond donors (Lipinski definition) is 6. The first-order valence-electron chi connectivity index (χ1n) is 21.8. The third-order valence-corrected chi connectivity index (χ3v) is 12.2. The summed E-state index contributed by atoms with van der Waals surface area (Å²) < 4.78 is 42.2. The highest BCUT2D eigenvalue weighted by Crippen LogP contribution is 2.57. The molecule has 7 N–H and O–H groups in total. The summed E-state index contributed by atoms with van der Waals surface area (Å²) in [4.78, 5) is 35.3. The number of fused-ring (bicyclic) bond motifs is 6. The number of esters is 1. The Kier molecular flexibility index (Phi) is 13.8. The molecule has 0 unspecified atom stereocenters. The van der Waals surface area contributed by atoms with E-state index in [1.807, 2.05) is 18.2 Å². The normalized spacial score (nSPS) is 25.2. The molecule has 1 saturated carbocycles. The van der Waals surface area contributed by atoms with Crippen molar-refractivity contribution in [2.75, 3.05) is 40.2 Å². The van der Waals surface area contributed by atoms with Crippen molar-refractivity contribution in [1.29, 1.82) is 0 Å². The van der Waals surface area contributed by atoms with Gasteiger partial charge in [0, 0.05) is 41.3 Å². The summed E-state index contributed by atoms with van der Waals surface area (Å²) in [6, 6.07) is 10.7. The van der Waals surface area contributed by atoms with E-state index in [9.17, 15) is 24.9 Å². The summed E-state index contributed by atoms with van der Waals surface area (Å²) in [5.41, 5.74) is 11.3. The third kappa shape index (κ3) is 10.1. The summed E-state index contributed by atoms with van der Waals surface area (Å²) >= 11 is 0. The molecule has 3 aromatic carbocycles. The smallest absolute Gasteiger partial charge is 0.317 e. The van der Waals surface area contributed by atoms with Crippen LogP contribution in [0.5, 0.6) is 34.5 Å². The highest BCUT2D eigenvalue weighted by Gasteiger charge is 2.49. The van der Waals surface area contributed by atoms with Gasteiger partial charge < -0.3 is 69.5 Å². The van der Waals surface area contributed by atoms with Crippen molar-refractivity contribution in [3.05, 3.63) is 69.8 Å². The number of nitrogens with one attached hydrogen (secondary N) is 1. The fraction of sp³-hybridized carbons (Fsp3) is 0.565. The number of aliphatic carboxylic acids is 1. The van der Waals surface area contributed by atoms with Gasteiger partial charge in [0.1, 0.15) is 54.7 Å². The van der Waals surface area contributed by atoms with Gasteiger partial charge >= 0.3 is 11.9 Å². The van der Waals surface area contributed by atoms with Gasteiger partial charge in [-0.1, -0.05) is 45.6 Å². The van der Waals surface area contributed by atoms with Crippen molar-refractivity contribution in [3.8, 4) is 34.5 Å². The number of rotatable bonds is 18. The molecule has 1 aliphatic carbocycles. The van der Waals surface area contributed by atoms with Crippen LogP contribution in [-0.2, 0) is 47.9 Å². The Balaban J connectivity index is 1.11. The second-order valence-electron chi connectivity index (χ2n) is 17.7. The fourth-order valence-corrected chi connectivity index (χ4v) is 9.32. The van der Waals surface area contributed by atoms with E-state index in [0.29, 0.717) is 66.2 Å². The zero-order valence-corrected chi connectivity index (χ0v) is 35.8. The number of carbonyl (C=O) groups excluding carboxylic acids is 1. The lowest BCUT2D eigenvalue weighted by Crippen LogP contribution is -2.61. The quantitative estimate of drug-likeness (QED) is 0.0459. The number of carboxylic acid groups (broad SMARTS) is 1. The molecule has 2 fully saturated rings. The van der Waals surface area contributed by atoms with Crippen molar-refractivity contribution in [1.82, 2.24) is 5.32 Å². The van der Waals surface area contributed by atoms with Gasteiger partial charge in [-0.05, 0) is 73.2 Å². The van der Waals surface area contributed by atoms with Gasteiger partial charge in [-0.15, -0.1) is 0 Å². The first-order valence-corrected chi connectivity index (χ1v) is 21.8. The van der Waals surface area contributed by atoms with Crippen LogP contribution in [0, 0.1) is 11.8 Å². The monoisotopic (exact) mass is 878 g/mol. The number of phenolic OH excluding ortho intramolecular Hbond substituents is 1. The number of nitrogens with two attached hydrogens (primary N) is 1. The summed E-state index contributed by atoms with van der Waals surface area (Å²) in [7, 11) is 1.73. The lowest BCUT2D eigenvalue weighted by atomic mass is 9.86. The summed E-state index contributed by atoms with van der Waals surface area (Å²) in [5.74, 6) is 1.32. The Morgan fingerprint density at radius 2 is 1.75 bits per heavy atom. The first kappa shape index (κ1) is 44.7. The van der Waals surface area contributed by atoms with Crippen molar-refractivity contribution in [2.45, 2.75) is 114 Å². The second kappa shape index (κ2) is 19.5. The molecule has 0 aromatic heterocycles. The van der Waals surface area contributed by atoms with E-state index in [-0.39, 0.29) is 30.8 Å². The molecular weight excluding hydrogens is 821 g/mol. The van der Waals surface area contributed by atoms with Crippen LogP contribution < -0.4 is 34.9 Å². The minimum absolute atomic E-state index is 0.0684. The molecule has 5 aliphatic rings. The average molecular weight is 879 g/mol. The highest BCUT2D eigenvalue weighted by atomic mass is 17.2. The summed E-state index contributed by atoms with van der Waals surface area (Å²) in [6.07, 6.45) is -2.34. The van der Waals surface area contributed by atoms with Crippen LogP contribution in [0.1, 0.15) is 91.4 Å². The predicted octanol–water partition coefficient (Wildman–Crippen LogP) is 3.96. The Hall–Kier alpha value is -4.88. The third-order valence-electron chi connectivity index (χ3n) is 12.2. The lowest BCUT2D eigenvalue weighted by molar-refractivity contribution is -0.373. The van der Waals surface area contributed by atoms with Crippen LogP contribution in [0.25, 0.3) is 0 Å². The molecule has 0 bridgehead atoms. The van der Waals surface area contributed by atoms with E-state index in [4.69, 9.17) is 53.8 Å². The minimum atomic E-state index is -1.70. The summed E-state index contributed by atoms with van der Waals surface area (Å²) in [6.45, 7) is 4.47. The molecule has 8 rings (SSSR count). The molecule has 63 heavy (non-hydrogen) atoms. The van der Waals surface area contributed by atoms with Gasteiger partial charge in [-0.25, -0.2) is 0 Å². The number of aliphatic hydroxyl groups excluding tert-OH is 2. The number of carboxylic acids is 1. The molecule has 17 heteroatoms. The molecule has 0 spiro atoms. The van der Waals surface area contributed by atoms with Crippen LogP contribution in [0.3, 0.4) is 0 Å². The number of carbonyl (C=O) groups is 2. The lowest BCUT2D eigenvalue weighted by Gasteiger charge is -2.41. The van der Waals surface area contributed by atoms with Crippen LogP contribution >= 0.6 is 0 Å². The fourth-order valence-electron chi connectivity index (χ4n) is 9.32. The molecule has 4 heterocycles. The number of phenols is 1. The van der Waals surface area contributed by atoms with Crippen molar-refractivity contribution in [3.63, 3.8) is 0 Å². The van der Waals surface area contributed by atoms with Gasteiger partial charge in [-0.3, -0.25) is 9.59 Å². The maximum Gasteiger partial charge on any atom is 0.317 e. The van der Waals surface area contributed by atoms with Crippen molar-refractivity contribution in [2.24, 2.45) is 17.6 Å². The van der Waals surface area contributed by atoms with E-state index < -0.39 is 67.8 Å². The van der Waals surface area contributed by atoms with Gasteiger partial charge in [0.25, 0.3) is 0 Å². The molecule has 4 aliphatic heterocycles. The zero-order valence-electron chi connectivity index (χ0n) is 35.8. The standard InChI is InChI=1S/C46H58N2O15/c1-23(2)8-32-42-30(15-36-44(32)59-22-58-36)33-20-55-35-14-27(11-26-10-25(12-29(49)13-26)9-24-6-4-5-7-24)34(16-31(35)43(33)61-42)62-63-45-41(54)40(53)37(21-56-39(52)17-38(50)51)60-46(45)57-19-28(47)18-48-3/h10,12-16,23-24,28,33,37,40-41,43,45-46,48-49,53-54H,4-9,11,17-22,47H2,1-3H3,(H,50,51)/t28-,33+,37+,40+,41-,43+,45+,46+/m0/s1. The van der Waals surface area contributed by atoms with Crippen LogP contribution in [0.4, 0.5) is 0 Å². The molecule has 3 aromatic rings. The van der Waals surface area contributed by atoms with E-state index >= 15 is 0 Å². The minimum Gasteiger partial charge on any atom is -0.508 e. The SMILES string of the molecule is CNC[C@H](N)CO[C@@H]1O[C@H](COC(=O)CC(=O)O)[C@@H](O)[C@H](O)[C@H]1OOc1cc2c(cc1Cc1cc(O)cc(CC3CCCC3)c1)OC[C@@H]1c3cc4c(c(CC(C)C)c3O[C@H]21)OCO4. The van der Waals surface area contributed by atoms with Crippen molar-refractivity contribution >= 4 is 11.9 Å². The number of benzene rings is 3. The number of likely N-dealkylation sites (N-methyl/N-ethyl adjacent to an activating group) is 1. The topological polar surface area (TPSA) is 236 Å². The predicted molar refractivity (Wildman–Crippen MR) is 223 cm³/mol. The molecule has 8 atom stereocenters. The van der Waals surface area contributed by atoms with E-state index in [2.05, 4.69) is 25.2 Å². The van der Waals surface area contributed by atoms with Crippen LogP contribution in [0.2, 0.25) is 0 Å². The second-order valence-corrected chi connectivity index (χ2v) is 17.7. The maximum atomic E-state index is 12.0. The van der Waals surface area contributed by atoms with E-state index in [0.717, 1.165) is 47.3 Å². The Morgan fingerprint density at radius 1 is 0.952 bits per heavy atom. The van der Waals surface area contributed by atoms with Crippen molar-refractivity contribution < 1.29 is 72.9 Å². The molecule has 0 radical (unpaired) electrons. The summed E-state index contributed by atoms with van der Waals surface area (Å²) in [5, 5.41) is 45.5. The highest BCUT2D eigenvalue weighted by molar-refractivity contribution is 5.90. The Morgan fingerprint density at radius 3 is 2.51 bits per heavy atom. The maximum absolute atomic E-state index is 12.0. The Bertz CT molecular complexity index is 2130. The van der Waals surface area contributed by atoms with E-state index in [1.54, 1.807) is 19.2 Å². The zero-order chi connectivity index (χ0) is 44.4. The van der Waals surface area contributed by atoms with Crippen LogP contribution in [-0.4, -0.2) is 109 Å². The van der Waals surface area contributed by atoms with Gasteiger partial charge in [0.05, 0.1) is 19.1 Å². The van der Waals surface area contributed by atoms with E-state index in [1.165, 1.54) is 12.8 Å². The average Bonchev–Trinajstić information content (AvgIpc) is 4.01.